The van der Waals surface area contributed by atoms with Gasteiger partial charge in [0.1, 0.15) is 0 Å². The molecule has 0 unspecified atom stereocenters. The third-order valence-corrected chi connectivity index (χ3v) is 4.82. The molecule has 0 spiro atoms. The van der Waals surface area contributed by atoms with Crippen molar-refractivity contribution in [3.63, 3.8) is 0 Å². The first-order valence-corrected chi connectivity index (χ1v) is 7.50. The molecule has 0 N–H and O–H groups in total. The molecule has 0 aliphatic rings. The highest BCUT2D eigenvalue weighted by Gasteiger charge is 2.15. The first kappa shape index (κ1) is 13.3. The van der Waals surface area contributed by atoms with Crippen LogP contribution >= 0.6 is 22.9 Å². The van der Waals surface area contributed by atoms with Gasteiger partial charge in [-0.05, 0) is 24.3 Å². The molecule has 3 aromatic rings. The van der Waals surface area contributed by atoms with Gasteiger partial charge in [-0.15, -0.1) is 11.3 Å². The zero-order valence-electron chi connectivity index (χ0n) is 10.8. The monoisotopic (exact) mass is 302 g/mol. The van der Waals surface area contributed by atoms with Crippen LogP contribution < -0.4 is 5.43 Å². The van der Waals surface area contributed by atoms with E-state index in [-0.39, 0.29) is 11.2 Å². The second-order valence-electron chi connectivity index (χ2n) is 4.50. The lowest BCUT2D eigenvalue weighted by Gasteiger charge is -2.07. The van der Waals surface area contributed by atoms with Crippen molar-refractivity contribution in [2.45, 2.75) is 13.3 Å². The molecule has 0 fully saturated rings. The normalized spacial score (nSPS) is 11.1. The quantitative estimate of drug-likeness (QED) is 0.509. The number of halogens is 1. The van der Waals surface area contributed by atoms with Crippen molar-refractivity contribution >= 4 is 48.9 Å². The molecule has 0 atom stereocenters. The summed E-state index contributed by atoms with van der Waals surface area (Å²) in [5, 5.41) is 1.50. The minimum absolute atomic E-state index is 0.0256. The minimum atomic E-state index is -0.106. The van der Waals surface area contributed by atoms with Crippen molar-refractivity contribution in [2.75, 3.05) is 0 Å². The number of Topliss-reactive ketones (excluding diaryl/α,β-unsaturated/α-hetero) is 1. The molecule has 3 rings (SSSR count). The summed E-state index contributed by atoms with van der Waals surface area (Å²) in [5.74, 6) is 0.0256. The number of hydrogen-bond acceptors (Lipinski definition) is 3. The van der Waals surface area contributed by atoms with Gasteiger partial charge in [0.25, 0.3) is 0 Å². The van der Waals surface area contributed by atoms with E-state index in [1.165, 1.54) is 11.3 Å². The summed E-state index contributed by atoms with van der Waals surface area (Å²) >= 11 is 7.62. The van der Waals surface area contributed by atoms with Crippen LogP contribution in [0.2, 0.25) is 5.02 Å². The summed E-state index contributed by atoms with van der Waals surface area (Å²) < 4.78 is 1.56. The third kappa shape index (κ3) is 1.94. The molecular formula is C16H11ClO2S. The maximum absolute atomic E-state index is 12.6. The van der Waals surface area contributed by atoms with E-state index in [4.69, 9.17) is 11.6 Å². The summed E-state index contributed by atoms with van der Waals surface area (Å²) in [5.41, 5.74) is 0.477. The van der Waals surface area contributed by atoms with Gasteiger partial charge in [-0.1, -0.05) is 30.7 Å². The van der Waals surface area contributed by atoms with Crippen LogP contribution in [0.5, 0.6) is 0 Å². The Morgan fingerprint density at radius 2 is 1.95 bits per heavy atom. The molecule has 0 saturated carbocycles. The van der Waals surface area contributed by atoms with Crippen LogP contribution in [0, 0.1) is 0 Å². The average molecular weight is 303 g/mol. The summed E-state index contributed by atoms with van der Waals surface area (Å²) in [6, 6.07) is 10.7. The smallest absolute Gasteiger partial charge is 0.197 e. The van der Waals surface area contributed by atoms with Gasteiger partial charge < -0.3 is 0 Å². The molecule has 0 radical (unpaired) electrons. The van der Waals surface area contributed by atoms with Gasteiger partial charge in [0.15, 0.2) is 11.2 Å². The van der Waals surface area contributed by atoms with E-state index in [9.17, 15) is 9.59 Å². The second-order valence-corrected chi connectivity index (χ2v) is 5.96. The molecule has 2 aromatic carbocycles. The van der Waals surface area contributed by atoms with Gasteiger partial charge in [0.05, 0.1) is 15.1 Å². The van der Waals surface area contributed by atoms with E-state index < -0.39 is 0 Å². The first-order valence-electron chi connectivity index (χ1n) is 6.30. The van der Waals surface area contributed by atoms with Gasteiger partial charge in [-0.2, -0.15) is 0 Å². The van der Waals surface area contributed by atoms with Gasteiger partial charge in [-0.3, -0.25) is 9.59 Å². The minimum Gasteiger partial charge on any atom is -0.294 e. The van der Waals surface area contributed by atoms with Crippen molar-refractivity contribution in [1.29, 1.82) is 0 Å². The molecule has 0 saturated heterocycles. The lowest BCUT2D eigenvalue weighted by Crippen LogP contribution is -2.05. The van der Waals surface area contributed by atoms with Gasteiger partial charge in [-0.25, -0.2) is 0 Å². The Hall–Kier alpha value is -1.71. The Morgan fingerprint density at radius 1 is 1.20 bits per heavy atom. The van der Waals surface area contributed by atoms with E-state index in [1.54, 1.807) is 18.2 Å². The topological polar surface area (TPSA) is 34.1 Å². The molecule has 1 aromatic heterocycles. The maximum Gasteiger partial charge on any atom is 0.197 e. The van der Waals surface area contributed by atoms with Crippen LogP contribution in [-0.4, -0.2) is 5.78 Å². The number of ketones is 1. The van der Waals surface area contributed by atoms with Crippen molar-refractivity contribution in [3.8, 4) is 0 Å². The maximum atomic E-state index is 12.6. The van der Waals surface area contributed by atoms with Gasteiger partial charge in [0, 0.05) is 22.1 Å². The molecule has 0 amide bonds. The lowest BCUT2D eigenvalue weighted by molar-refractivity contribution is 0.0990. The highest BCUT2D eigenvalue weighted by atomic mass is 35.5. The Labute approximate surface area is 124 Å². The van der Waals surface area contributed by atoms with Gasteiger partial charge in [0.2, 0.25) is 0 Å². The largest absolute Gasteiger partial charge is 0.294 e. The Bertz CT molecular complexity index is 896. The third-order valence-electron chi connectivity index (χ3n) is 3.30. The van der Waals surface area contributed by atoms with Crippen molar-refractivity contribution < 1.29 is 4.79 Å². The van der Waals surface area contributed by atoms with E-state index in [0.717, 1.165) is 4.70 Å². The Balaban J connectivity index is 2.56. The molecule has 20 heavy (non-hydrogen) atoms. The van der Waals surface area contributed by atoms with Crippen LogP contribution in [0.3, 0.4) is 0 Å². The van der Waals surface area contributed by atoms with Crippen LogP contribution in [0.15, 0.2) is 41.2 Å². The van der Waals surface area contributed by atoms with Crippen molar-refractivity contribution in [2.24, 2.45) is 0 Å². The zero-order chi connectivity index (χ0) is 14.3. The standard InChI is InChI=1S/C16H11ClO2S/c1-2-12(18)9-7-8-11(17)14-15(19)10-5-3-4-6-13(10)20-16(9)14/h3-8H,2H2,1H3. The fraction of sp³-hybridized carbons (Fsp3) is 0.125. The fourth-order valence-corrected chi connectivity index (χ4v) is 3.81. The summed E-state index contributed by atoms with van der Waals surface area (Å²) in [6.45, 7) is 1.81. The van der Waals surface area contributed by atoms with Gasteiger partial charge >= 0.3 is 0 Å². The fourth-order valence-electron chi connectivity index (χ4n) is 2.27. The van der Waals surface area contributed by atoms with Crippen molar-refractivity contribution in [3.05, 3.63) is 57.2 Å². The molecule has 0 aliphatic heterocycles. The van der Waals surface area contributed by atoms with E-state index in [1.807, 2.05) is 25.1 Å². The number of hydrogen-bond donors (Lipinski definition) is 0. The number of carbonyl (C=O) groups is 1. The number of rotatable bonds is 2. The van der Waals surface area contributed by atoms with Crippen LogP contribution in [0.1, 0.15) is 23.7 Å². The van der Waals surface area contributed by atoms with Crippen LogP contribution in [-0.2, 0) is 0 Å². The molecule has 0 bridgehead atoms. The predicted molar refractivity (Wildman–Crippen MR) is 85.2 cm³/mol. The highest BCUT2D eigenvalue weighted by molar-refractivity contribution is 7.25. The SMILES string of the molecule is CCC(=O)c1ccc(Cl)c2c(=O)c3ccccc3sc12. The number of fused-ring (bicyclic) bond motifs is 2. The zero-order valence-corrected chi connectivity index (χ0v) is 12.3. The summed E-state index contributed by atoms with van der Waals surface area (Å²) in [6.07, 6.45) is 0.407. The highest BCUT2D eigenvalue weighted by Crippen LogP contribution is 2.32. The molecule has 2 nitrogen and oxygen atoms in total. The van der Waals surface area contributed by atoms with Crippen molar-refractivity contribution in [1.82, 2.24) is 0 Å². The average Bonchev–Trinajstić information content (AvgIpc) is 2.47. The van der Waals surface area contributed by atoms with E-state index >= 15 is 0 Å². The van der Waals surface area contributed by atoms with Crippen LogP contribution in [0.4, 0.5) is 0 Å². The predicted octanol–water partition coefficient (Wildman–Crippen LogP) is 4.66. The number of carbonyl (C=O) groups excluding carboxylic acids is 1. The van der Waals surface area contributed by atoms with Crippen LogP contribution in [0.25, 0.3) is 20.2 Å². The van der Waals surface area contributed by atoms with E-state index in [0.29, 0.717) is 32.5 Å². The molecule has 1 heterocycles. The second kappa shape index (κ2) is 5.00. The summed E-state index contributed by atoms with van der Waals surface area (Å²) in [4.78, 5) is 24.6. The molecule has 4 heteroatoms. The molecular weight excluding hydrogens is 292 g/mol. The Kier molecular flexibility index (Phi) is 3.32. The lowest BCUT2D eigenvalue weighted by atomic mass is 10.1. The van der Waals surface area contributed by atoms with E-state index in [2.05, 4.69) is 0 Å². The Morgan fingerprint density at radius 3 is 2.70 bits per heavy atom. The molecule has 100 valence electrons. The summed E-state index contributed by atoms with van der Waals surface area (Å²) in [7, 11) is 0. The molecule has 0 aliphatic carbocycles. The first-order chi connectivity index (χ1) is 9.63. The number of benzene rings is 2.